The van der Waals surface area contributed by atoms with Crippen molar-refractivity contribution < 1.29 is 9.59 Å². The van der Waals surface area contributed by atoms with Gasteiger partial charge in [-0.25, -0.2) is 0 Å². The predicted molar refractivity (Wildman–Crippen MR) is 78.7 cm³/mol. The van der Waals surface area contributed by atoms with Crippen molar-refractivity contribution in [3.63, 3.8) is 0 Å². The first-order chi connectivity index (χ1) is 9.13. The van der Waals surface area contributed by atoms with E-state index in [0.29, 0.717) is 5.92 Å². The fourth-order valence-electron chi connectivity index (χ4n) is 3.95. The Morgan fingerprint density at radius 1 is 1.40 bits per heavy atom. The number of carbonyl (C=O) groups excluding carboxylic acids is 2. The van der Waals surface area contributed by atoms with Crippen LogP contribution in [-0.2, 0) is 9.59 Å². The number of halogens is 1. The molecule has 0 aromatic rings. The standard InChI is InChI=1S/C14H23N3O2.ClH/c1-17-7-5-11(12(17)18)16-13(19)14-6-3-2-4-10(14)8-15-9-14;/h10-11,15H,2-9H2,1H3,(H,16,19);1H/t10-,11?,14+;/m0./s1. The molecular weight excluding hydrogens is 278 g/mol. The molecule has 114 valence electrons. The summed E-state index contributed by atoms with van der Waals surface area (Å²) in [7, 11) is 1.80. The minimum atomic E-state index is -0.296. The molecule has 2 heterocycles. The van der Waals surface area contributed by atoms with E-state index in [-0.39, 0.29) is 35.7 Å². The van der Waals surface area contributed by atoms with E-state index in [1.807, 2.05) is 0 Å². The molecule has 5 nitrogen and oxygen atoms in total. The third kappa shape index (κ3) is 2.42. The highest BCUT2D eigenvalue weighted by Crippen LogP contribution is 2.44. The van der Waals surface area contributed by atoms with Gasteiger partial charge in [0.25, 0.3) is 0 Å². The largest absolute Gasteiger partial charge is 0.344 e. The molecule has 6 heteroatoms. The van der Waals surface area contributed by atoms with Crippen LogP contribution in [0.4, 0.5) is 0 Å². The Hall–Kier alpha value is -0.810. The number of fused-ring (bicyclic) bond motifs is 1. The zero-order valence-electron chi connectivity index (χ0n) is 12.0. The zero-order chi connectivity index (χ0) is 13.5. The van der Waals surface area contributed by atoms with E-state index in [9.17, 15) is 9.59 Å². The molecule has 0 aromatic carbocycles. The van der Waals surface area contributed by atoms with E-state index in [0.717, 1.165) is 45.3 Å². The fourth-order valence-corrected chi connectivity index (χ4v) is 3.95. The van der Waals surface area contributed by atoms with Crippen molar-refractivity contribution in [3.8, 4) is 0 Å². The number of hydrogen-bond donors (Lipinski definition) is 2. The third-order valence-electron chi connectivity index (χ3n) is 5.22. The second-order valence-corrected chi connectivity index (χ2v) is 6.30. The summed E-state index contributed by atoms with van der Waals surface area (Å²) in [6.07, 6.45) is 5.21. The Morgan fingerprint density at radius 3 is 2.90 bits per heavy atom. The number of likely N-dealkylation sites (tertiary alicyclic amines) is 1. The Kier molecular flexibility index (Phi) is 4.59. The van der Waals surface area contributed by atoms with Crippen molar-refractivity contribution in [3.05, 3.63) is 0 Å². The highest BCUT2D eigenvalue weighted by Gasteiger charge is 2.50. The SMILES string of the molecule is CN1CCC(NC(=O)[C@@]23CCCC[C@H]2CNC3)C1=O.Cl. The monoisotopic (exact) mass is 301 g/mol. The van der Waals surface area contributed by atoms with Crippen LogP contribution in [0, 0.1) is 11.3 Å². The van der Waals surface area contributed by atoms with Gasteiger partial charge in [-0.3, -0.25) is 9.59 Å². The highest BCUT2D eigenvalue weighted by molar-refractivity contribution is 5.91. The van der Waals surface area contributed by atoms with Gasteiger partial charge in [0.15, 0.2) is 0 Å². The summed E-state index contributed by atoms with van der Waals surface area (Å²) in [5.74, 6) is 0.620. The smallest absolute Gasteiger partial charge is 0.244 e. The van der Waals surface area contributed by atoms with E-state index < -0.39 is 0 Å². The molecule has 0 radical (unpaired) electrons. The quantitative estimate of drug-likeness (QED) is 0.782. The maximum absolute atomic E-state index is 12.7. The van der Waals surface area contributed by atoms with E-state index in [1.165, 1.54) is 6.42 Å². The van der Waals surface area contributed by atoms with Crippen LogP contribution in [0.3, 0.4) is 0 Å². The lowest BCUT2D eigenvalue weighted by atomic mass is 9.67. The number of likely N-dealkylation sites (N-methyl/N-ethyl adjacent to an activating group) is 1. The first kappa shape index (κ1) is 15.6. The average Bonchev–Trinajstić information content (AvgIpc) is 2.98. The number of nitrogens with zero attached hydrogens (tertiary/aromatic N) is 1. The zero-order valence-corrected chi connectivity index (χ0v) is 12.8. The van der Waals surface area contributed by atoms with E-state index in [1.54, 1.807) is 11.9 Å². The fraction of sp³-hybridized carbons (Fsp3) is 0.857. The van der Waals surface area contributed by atoms with E-state index in [2.05, 4.69) is 10.6 Å². The van der Waals surface area contributed by atoms with Crippen molar-refractivity contribution >= 4 is 24.2 Å². The van der Waals surface area contributed by atoms with Crippen LogP contribution in [0.1, 0.15) is 32.1 Å². The topological polar surface area (TPSA) is 61.4 Å². The number of amides is 2. The molecule has 2 saturated heterocycles. The normalized spacial score (nSPS) is 36.5. The second-order valence-electron chi connectivity index (χ2n) is 6.30. The minimum absolute atomic E-state index is 0. The predicted octanol–water partition coefficient (Wildman–Crippen LogP) is 0.535. The lowest BCUT2D eigenvalue weighted by Gasteiger charge is -2.37. The summed E-state index contributed by atoms with van der Waals surface area (Å²) in [4.78, 5) is 26.3. The van der Waals surface area contributed by atoms with E-state index >= 15 is 0 Å². The van der Waals surface area contributed by atoms with Gasteiger partial charge in [0.2, 0.25) is 11.8 Å². The van der Waals surface area contributed by atoms with Gasteiger partial charge in [0.1, 0.15) is 6.04 Å². The Labute approximate surface area is 126 Å². The Bertz CT molecular complexity index is 404. The number of carbonyl (C=O) groups is 2. The van der Waals surface area contributed by atoms with Gasteiger partial charge in [-0.1, -0.05) is 12.8 Å². The summed E-state index contributed by atoms with van der Waals surface area (Å²) in [6.45, 7) is 2.48. The molecule has 2 N–H and O–H groups in total. The lowest BCUT2D eigenvalue weighted by molar-refractivity contribution is -0.138. The molecule has 0 aromatic heterocycles. The van der Waals surface area contributed by atoms with Crippen LogP contribution in [0.25, 0.3) is 0 Å². The molecule has 3 rings (SSSR count). The van der Waals surface area contributed by atoms with Crippen LogP contribution >= 0.6 is 12.4 Å². The molecule has 0 bridgehead atoms. The van der Waals surface area contributed by atoms with Crippen LogP contribution < -0.4 is 10.6 Å². The molecule has 3 aliphatic rings. The molecule has 1 saturated carbocycles. The van der Waals surface area contributed by atoms with Crippen molar-refractivity contribution in [2.75, 3.05) is 26.7 Å². The molecule has 3 atom stereocenters. The maximum Gasteiger partial charge on any atom is 0.244 e. The van der Waals surface area contributed by atoms with Gasteiger partial charge in [0, 0.05) is 20.1 Å². The first-order valence-electron chi connectivity index (χ1n) is 7.40. The van der Waals surface area contributed by atoms with Crippen molar-refractivity contribution in [1.82, 2.24) is 15.5 Å². The molecule has 1 unspecified atom stereocenters. The summed E-state index contributed by atoms with van der Waals surface area (Å²) in [5, 5.41) is 6.40. The molecule has 2 amide bonds. The number of hydrogen-bond acceptors (Lipinski definition) is 3. The summed E-state index contributed by atoms with van der Waals surface area (Å²) in [6, 6.07) is -0.296. The van der Waals surface area contributed by atoms with Crippen molar-refractivity contribution in [1.29, 1.82) is 0 Å². The van der Waals surface area contributed by atoms with Crippen LogP contribution in [-0.4, -0.2) is 49.4 Å². The Balaban J connectivity index is 0.00000147. The van der Waals surface area contributed by atoms with Crippen LogP contribution in [0.5, 0.6) is 0 Å². The average molecular weight is 302 g/mol. The lowest BCUT2D eigenvalue weighted by Crippen LogP contribution is -2.52. The summed E-state index contributed by atoms with van der Waals surface area (Å²) in [5.41, 5.74) is -0.250. The van der Waals surface area contributed by atoms with Crippen molar-refractivity contribution in [2.24, 2.45) is 11.3 Å². The molecular formula is C14H24ClN3O2. The van der Waals surface area contributed by atoms with Crippen LogP contribution in [0.15, 0.2) is 0 Å². The molecule has 0 spiro atoms. The summed E-state index contributed by atoms with van der Waals surface area (Å²) >= 11 is 0. The van der Waals surface area contributed by atoms with Crippen LogP contribution in [0.2, 0.25) is 0 Å². The molecule has 3 fully saturated rings. The second kappa shape index (κ2) is 5.90. The number of nitrogens with one attached hydrogen (secondary N) is 2. The Morgan fingerprint density at radius 2 is 2.20 bits per heavy atom. The first-order valence-corrected chi connectivity index (χ1v) is 7.40. The summed E-state index contributed by atoms with van der Waals surface area (Å²) < 4.78 is 0. The van der Waals surface area contributed by atoms with Gasteiger partial charge in [-0.05, 0) is 31.7 Å². The van der Waals surface area contributed by atoms with Gasteiger partial charge in [0.05, 0.1) is 5.41 Å². The molecule has 2 aliphatic heterocycles. The van der Waals surface area contributed by atoms with Gasteiger partial charge in [-0.15, -0.1) is 12.4 Å². The number of rotatable bonds is 2. The van der Waals surface area contributed by atoms with E-state index in [4.69, 9.17) is 0 Å². The van der Waals surface area contributed by atoms with Gasteiger partial charge >= 0.3 is 0 Å². The van der Waals surface area contributed by atoms with Crippen molar-refractivity contribution in [2.45, 2.75) is 38.1 Å². The maximum atomic E-state index is 12.7. The van der Waals surface area contributed by atoms with Gasteiger partial charge in [-0.2, -0.15) is 0 Å². The third-order valence-corrected chi connectivity index (χ3v) is 5.22. The van der Waals surface area contributed by atoms with Gasteiger partial charge < -0.3 is 15.5 Å². The highest BCUT2D eigenvalue weighted by atomic mass is 35.5. The molecule has 20 heavy (non-hydrogen) atoms. The minimum Gasteiger partial charge on any atom is -0.344 e. The molecule has 1 aliphatic carbocycles.